The first-order valence-corrected chi connectivity index (χ1v) is 6.64. The van der Waals surface area contributed by atoms with Crippen LogP contribution in [0.1, 0.15) is 30.5 Å². The molecule has 19 heavy (non-hydrogen) atoms. The van der Waals surface area contributed by atoms with Crippen LogP contribution in [0, 0.1) is 0 Å². The van der Waals surface area contributed by atoms with Crippen LogP contribution >= 0.6 is 0 Å². The van der Waals surface area contributed by atoms with Gasteiger partial charge in [-0.3, -0.25) is 0 Å². The Hall–Kier alpha value is -2.08. The summed E-state index contributed by atoms with van der Waals surface area (Å²) < 4.78 is 0. The lowest BCUT2D eigenvalue weighted by atomic mass is 9.97. The van der Waals surface area contributed by atoms with Crippen molar-refractivity contribution in [3.63, 3.8) is 0 Å². The van der Waals surface area contributed by atoms with Gasteiger partial charge in [-0.15, -0.1) is 0 Å². The van der Waals surface area contributed by atoms with Crippen LogP contribution in [0.5, 0.6) is 0 Å². The van der Waals surface area contributed by atoms with Crippen LogP contribution in [0.3, 0.4) is 0 Å². The number of rotatable bonds is 4. The summed E-state index contributed by atoms with van der Waals surface area (Å²) in [5.41, 5.74) is 6.33. The molecule has 2 aromatic carbocycles. The van der Waals surface area contributed by atoms with E-state index < -0.39 is 0 Å². The maximum atomic E-state index is 4.05. The van der Waals surface area contributed by atoms with E-state index in [2.05, 4.69) is 75.0 Å². The molecule has 0 radical (unpaired) electrons. The van der Waals surface area contributed by atoms with Crippen LogP contribution in [-0.4, -0.2) is 0 Å². The Morgan fingerprint density at radius 1 is 0.947 bits per heavy atom. The summed E-state index contributed by atoms with van der Waals surface area (Å²) in [6, 6.07) is 19.0. The fourth-order valence-corrected chi connectivity index (χ4v) is 2.20. The van der Waals surface area contributed by atoms with Crippen molar-refractivity contribution in [2.24, 2.45) is 0 Å². The first-order valence-electron chi connectivity index (χ1n) is 6.64. The molecule has 0 aliphatic heterocycles. The van der Waals surface area contributed by atoms with E-state index >= 15 is 0 Å². The van der Waals surface area contributed by atoms with E-state index in [-0.39, 0.29) is 0 Å². The smallest absolute Gasteiger partial charge is 0.00855 e. The first kappa shape index (κ1) is 13.4. The van der Waals surface area contributed by atoms with E-state index in [1.54, 1.807) is 0 Å². The minimum Gasteiger partial charge on any atom is -0.0955 e. The molecule has 0 nitrogen and oxygen atoms in total. The van der Waals surface area contributed by atoms with Gasteiger partial charge in [0.15, 0.2) is 0 Å². The standard InChI is InChI=1S/C19H20/c1-15(2)19-12-8-7-11-18(19)14-13-16(3)17-9-5-4-6-10-17/h4-13H,1,14H2,2-3H3. The zero-order valence-electron chi connectivity index (χ0n) is 11.7. The van der Waals surface area contributed by atoms with Gasteiger partial charge in [0.2, 0.25) is 0 Å². The first-order chi connectivity index (χ1) is 9.18. The molecular weight excluding hydrogens is 228 g/mol. The van der Waals surface area contributed by atoms with Gasteiger partial charge in [0, 0.05) is 0 Å². The number of allylic oxidation sites excluding steroid dienone is 3. The van der Waals surface area contributed by atoms with E-state index in [4.69, 9.17) is 0 Å². The molecule has 2 rings (SSSR count). The molecule has 0 atom stereocenters. The molecule has 0 fully saturated rings. The summed E-state index contributed by atoms with van der Waals surface area (Å²) in [5, 5.41) is 0. The summed E-state index contributed by atoms with van der Waals surface area (Å²) in [6.45, 7) is 8.28. The summed E-state index contributed by atoms with van der Waals surface area (Å²) >= 11 is 0. The van der Waals surface area contributed by atoms with Gasteiger partial charge in [0.25, 0.3) is 0 Å². The van der Waals surface area contributed by atoms with Crippen molar-refractivity contribution in [1.29, 1.82) is 0 Å². The van der Waals surface area contributed by atoms with Gasteiger partial charge in [-0.25, -0.2) is 0 Å². The third-order valence-corrected chi connectivity index (χ3v) is 3.33. The molecule has 0 heterocycles. The average molecular weight is 248 g/mol. The Morgan fingerprint density at radius 2 is 1.58 bits per heavy atom. The van der Waals surface area contributed by atoms with Gasteiger partial charge in [-0.05, 0) is 42.5 Å². The second kappa shape index (κ2) is 6.19. The predicted octanol–water partition coefficient (Wildman–Crippen LogP) is 5.37. The molecule has 2 aromatic rings. The van der Waals surface area contributed by atoms with Gasteiger partial charge in [0.05, 0.1) is 0 Å². The largest absolute Gasteiger partial charge is 0.0955 e. The summed E-state index contributed by atoms with van der Waals surface area (Å²) in [7, 11) is 0. The predicted molar refractivity (Wildman–Crippen MR) is 84.9 cm³/mol. The SMILES string of the molecule is C=C(C)c1ccccc1CC=C(C)c1ccccc1. The zero-order valence-corrected chi connectivity index (χ0v) is 11.7. The van der Waals surface area contributed by atoms with Crippen LogP contribution in [0.15, 0.2) is 67.3 Å². The molecular formula is C19H20. The fourth-order valence-electron chi connectivity index (χ4n) is 2.20. The van der Waals surface area contributed by atoms with Gasteiger partial charge >= 0.3 is 0 Å². The molecule has 0 saturated heterocycles. The Kier molecular flexibility index (Phi) is 4.35. The lowest BCUT2D eigenvalue weighted by Crippen LogP contribution is -1.90. The Bertz CT molecular complexity index is 588. The van der Waals surface area contributed by atoms with Crippen molar-refractivity contribution in [2.45, 2.75) is 20.3 Å². The highest BCUT2D eigenvalue weighted by Crippen LogP contribution is 2.20. The van der Waals surface area contributed by atoms with E-state index in [1.807, 2.05) is 6.07 Å². The number of hydrogen-bond donors (Lipinski definition) is 0. The Balaban J connectivity index is 2.21. The minimum atomic E-state index is 0.948. The Morgan fingerprint density at radius 3 is 2.26 bits per heavy atom. The topological polar surface area (TPSA) is 0 Å². The maximum absolute atomic E-state index is 4.05. The minimum absolute atomic E-state index is 0.948. The molecule has 0 aromatic heterocycles. The number of hydrogen-bond acceptors (Lipinski definition) is 0. The maximum Gasteiger partial charge on any atom is -0.00855 e. The van der Waals surface area contributed by atoms with Crippen molar-refractivity contribution in [2.75, 3.05) is 0 Å². The van der Waals surface area contributed by atoms with Crippen LogP contribution in [0.2, 0.25) is 0 Å². The molecule has 0 amide bonds. The molecule has 0 spiro atoms. The van der Waals surface area contributed by atoms with Gasteiger partial charge in [-0.1, -0.05) is 72.8 Å². The summed E-state index contributed by atoms with van der Waals surface area (Å²) in [4.78, 5) is 0. The van der Waals surface area contributed by atoms with E-state index in [0.717, 1.165) is 12.0 Å². The molecule has 0 unspecified atom stereocenters. The van der Waals surface area contributed by atoms with Crippen molar-refractivity contribution in [3.05, 3.63) is 83.9 Å². The normalized spacial score (nSPS) is 11.4. The second-order valence-electron chi connectivity index (χ2n) is 4.89. The molecule has 0 aliphatic rings. The van der Waals surface area contributed by atoms with E-state index in [1.165, 1.54) is 22.3 Å². The third-order valence-electron chi connectivity index (χ3n) is 3.33. The summed E-state index contributed by atoms with van der Waals surface area (Å²) in [6.07, 6.45) is 3.24. The molecule has 0 N–H and O–H groups in total. The van der Waals surface area contributed by atoms with Gasteiger partial charge < -0.3 is 0 Å². The van der Waals surface area contributed by atoms with Crippen molar-refractivity contribution in [1.82, 2.24) is 0 Å². The lowest BCUT2D eigenvalue weighted by molar-refractivity contribution is 1.24. The number of benzene rings is 2. The fraction of sp³-hybridized carbons (Fsp3) is 0.158. The van der Waals surface area contributed by atoms with Crippen LogP contribution < -0.4 is 0 Å². The highest BCUT2D eigenvalue weighted by atomic mass is 14.1. The molecule has 96 valence electrons. The summed E-state index contributed by atoms with van der Waals surface area (Å²) in [5.74, 6) is 0. The van der Waals surface area contributed by atoms with E-state index in [0.29, 0.717) is 0 Å². The van der Waals surface area contributed by atoms with Crippen molar-refractivity contribution >= 4 is 11.1 Å². The average Bonchev–Trinajstić information content (AvgIpc) is 2.46. The molecule has 0 bridgehead atoms. The van der Waals surface area contributed by atoms with Gasteiger partial charge in [-0.2, -0.15) is 0 Å². The van der Waals surface area contributed by atoms with E-state index in [9.17, 15) is 0 Å². The molecule has 0 heteroatoms. The van der Waals surface area contributed by atoms with Crippen LogP contribution in [-0.2, 0) is 6.42 Å². The highest BCUT2D eigenvalue weighted by Gasteiger charge is 2.01. The van der Waals surface area contributed by atoms with Crippen LogP contribution in [0.25, 0.3) is 11.1 Å². The van der Waals surface area contributed by atoms with Crippen LogP contribution in [0.4, 0.5) is 0 Å². The third kappa shape index (κ3) is 3.45. The van der Waals surface area contributed by atoms with Crippen molar-refractivity contribution < 1.29 is 0 Å². The zero-order chi connectivity index (χ0) is 13.7. The Labute approximate surface area is 116 Å². The lowest BCUT2D eigenvalue weighted by Gasteiger charge is -2.08. The second-order valence-corrected chi connectivity index (χ2v) is 4.89. The molecule has 0 saturated carbocycles. The van der Waals surface area contributed by atoms with Crippen molar-refractivity contribution in [3.8, 4) is 0 Å². The monoisotopic (exact) mass is 248 g/mol. The highest BCUT2D eigenvalue weighted by molar-refractivity contribution is 5.67. The van der Waals surface area contributed by atoms with Gasteiger partial charge in [0.1, 0.15) is 0 Å². The molecule has 0 aliphatic carbocycles. The quantitative estimate of drug-likeness (QED) is 0.682.